The van der Waals surface area contributed by atoms with E-state index < -0.39 is 17.5 Å². The second-order valence-corrected chi connectivity index (χ2v) is 3.00. The van der Waals surface area contributed by atoms with Crippen LogP contribution in [-0.4, -0.2) is 17.5 Å². The molecular formula is C11H10O4. The fraction of sp³-hybridized carbons (Fsp3) is 0.182. The lowest BCUT2D eigenvalue weighted by atomic mass is 10.1. The molecule has 0 fully saturated rings. The Kier molecular flexibility index (Phi) is 3.33. The van der Waals surface area contributed by atoms with Crippen molar-refractivity contribution in [2.24, 2.45) is 0 Å². The van der Waals surface area contributed by atoms with E-state index in [1.165, 1.54) is 38.1 Å². The highest BCUT2D eigenvalue weighted by Crippen LogP contribution is 2.12. The molecule has 0 N–H and O–H groups in total. The van der Waals surface area contributed by atoms with Gasteiger partial charge in [0.05, 0.1) is 0 Å². The Morgan fingerprint density at radius 1 is 1.00 bits per heavy atom. The van der Waals surface area contributed by atoms with Gasteiger partial charge in [0.25, 0.3) is 0 Å². The van der Waals surface area contributed by atoms with Gasteiger partial charge in [-0.3, -0.25) is 14.4 Å². The van der Waals surface area contributed by atoms with Crippen molar-refractivity contribution in [1.82, 2.24) is 0 Å². The average molecular weight is 206 g/mol. The number of ether oxygens (including phenoxy) is 1. The Hall–Kier alpha value is -1.97. The number of carbonyl (C=O) groups is 3. The number of Topliss-reactive ketones (excluding diaryl/α,β-unsaturated/α-hetero) is 2. The quantitative estimate of drug-likeness (QED) is 0.324. The molecule has 4 heteroatoms. The maximum Gasteiger partial charge on any atom is 0.308 e. The predicted molar refractivity (Wildman–Crippen MR) is 52.8 cm³/mol. The van der Waals surface area contributed by atoms with Gasteiger partial charge in [-0.15, -0.1) is 0 Å². The molecule has 0 aliphatic carbocycles. The van der Waals surface area contributed by atoms with Gasteiger partial charge < -0.3 is 4.74 Å². The number of hydrogen-bond donors (Lipinski definition) is 0. The summed E-state index contributed by atoms with van der Waals surface area (Å²) < 4.78 is 4.77. The molecule has 1 rings (SSSR count). The molecule has 0 saturated heterocycles. The van der Waals surface area contributed by atoms with Gasteiger partial charge in [-0.25, -0.2) is 0 Å². The van der Waals surface area contributed by atoms with E-state index >= 15 is 0 Å². The van der Waals surface area contributed by atoms with Crippen LogP contribution >= 0.6 is 0 Å². The van der Waals surface area contributed by atoms with Crippen molar-refractivity contribution in [1.29, 1.82) is 0 Å². The van der Waals surface area contributed by atoms with E-state index in [0.29, 0.717) is 11.3 Å². The Bertz CT molecular complexity index is 403. The molecule has 0 aliphatic heterocycles. The molecule has 0 aliphatic rings. The van der Waals surface area contributed by atoms with Gasteiger partial charge in [0.1, 0.15) is 5.75 Å². The van der Waals surface area contributed by atoms with Crippen LogP contribution in [0.25, 0.3) is 0 Å². The van der Waals surface area contributed by atoms with Gasteiger partial charge in [0, 0.05) is 19.4 Å². The largest absolute Gasteiger partial charge is 0.427 e. The fourth-order valence-corrected chi connectivity index (χ4v) is 1.04. The summed E-state index contributed by atoms with van der Waals surface area (Å²) in [6.07, 6.45) is 0. The predicted octanol–water partition coefficient (Wildman–Crippen LogP) is 1.38. The highest BCUT2D eigenvalue weighted by molar-refractivity contribution is 6.42. The first-order valence-electron chi connectivity index (χ1n) is 4.34. The summed E-state index contributed by atoms with van der Waals surface area (Å²) in [5.74, 6) is -1.15. The van der Waals surface area contributed by atoms with Crippen LogP contribution in [0.2, 0.25) is 0 Å². The van der Waals surface area contributed by atoms with E-state index in [2.05, 4.69) is 0 Å². The third-order valence-corrected chi connectivity index (χ3v) is 1.70. The van der Waals surface area contributed by atoms with Crippen LogP contribution in [0, 0.1) is 0 Å². The molecule has 0 radical (unpaired) electrons. The summed E-state index contributed by atoms with van der Waals surface area (Å²) in [5.41, 5.74) is 0.290. The average Bonchev–Trinajstić information content (AvgIpc) is 2.17. The lowest BCUT2D eigenvalue weighted by Crippen LogP contribution is -2.09. The zero-order valence-electron chi connectivity index (χ0n) is 8.44. The minimum Gasteiger partial charge on any atom is -0.427 e. The van der Waals surface area contributed by atoms with Crippen molar-refractivity contribution in [2.75, 3.05) is 0 Å². The molecule has 15 heavy (non-hydrogen) atoms. The zero-order valence-corrected chi connectivity index (χ0v) is 8.44. The van der Waals surface area contributed by atoms with Gasteiger partial charge >= 0.3 is 5.97 Å². The summed E-state index contributed by atoms with van der Waals surface area (Å²) in [6, 6.07) is 5.83. The summed E-state index contributed by atoms with van der Waals surface area (Å²) in [4.78, 5) is 32.6. The van der Waals surface area contributed by atoms with Crippen molar-refractivity contribution >= 4 is 17.5 Å². The molecule has 0 heterocycles. The standard InChI is InChI=1S/C11H10O4/c1-7(12)11(14)9-3-5-10(6-4-9)15-8(2)13/h3-6H,1-2H3. The first-order valence-corrected chi connectivity index (χ1v) is 4.34. The van der Waals surface area contributed by atoms with Crippen molar-refractivity contribution in [2.45, 2.75) is 13.8 Å². The molecule has 0 atom stereocenters. The molecule has 0 spiro atoms. The van der Waals surface area contributed by atoms with E-state index in [1.807, 2.05) is 0 Å². The summed E-state index contributed by atoms with van der Waals surface area (Å²) >= 11 is 0. The van der Waals surface area contributed by atoms with E-state index in [9.17, 15) is 14.4 Å². The van der Waals surface area contributed by atoms with Crippen molar-refractivity contribution in [3.05, 3.63) is 29.8 Å². The van der Waals surface area contributed by atoms with Crippen LogP contribution in [0.4, 0.5) is 0 Å². The molecule has 78 valence electrons. The molecule has 0 unspecified atom stereocenters. The lowest BCUT2D eigenvalue weighted by Gasteiger charge is -2.01. The van der Waals surface area contributed by atoms with Gasteiger partial charge in [-0.2, -0.15) is 0 Å². The highest BCUT2D eigenvalue weighted by Gasteiger charge is 2.10. The van der Waals surface area contributed by atoms with Crippen LogP contribution in [0.15, 0.2) is 24.3 Å². The van der Waals surface area contributed by atoms with Crippen LogP contribution in [0.5, 0.6) is 5.75 Å². The third-order valence-electron chi connectivity index (χ3n) is 1.70. The van der Waals surface area contributed by atoms with Crippen LogP contribution in [-0.2, 0) is 9.59 Å². The highest BCUT2D eigenvalue weighted by atomic mass is 16.5. The lowest BCUT2D eigenvalue weighted by molar-refractivity contribution is -0.131. The van der Waals surface area contributed by atoms with Crippen molar-refractivity contribution in [3.8, 4) is 5.75 Å². The molecule has 1 aromatic rings. The minimum absolute atomic E-state index is 0.290. The normalized spacial score (nSPS) is 9.47. The Labute approximate surface area is 86.9 Å². The number of ketones is 2. The molecule has 4 nitrogen and oxygen atoms in total. The summed E-state index contributed by atoms with van der Waals surface area (Å²) in [5, 5.41) is 0. The minimum atomic E-state index is -0.552. The molecule has 0 amide bonds. The summed E-state index contributed by atoms with van der Waals surface area (Å²) in [7, 11) is 0. The van der Waals surface area contributed by atoms with Crippen molar-refractivity contribution in [3.63, 3.8) is 0 Å². The monoisotopic (exact) mass is 206 g/mol. The number of carbonyl (C=O) groups excluding carboxylic acids is 3. The molecule has 0 aromatic heterocycles. The number of esters is 1. The second kappa shape index (κ2) is 4.50. The van der Waals surface area contributed by atoms with E-state index in [0.717, 1.165) is 0 Å². The van der Waals surface area contributed by atoms with E-state index in [4.69, 9.17) is 4.74 Å². The molecular weight excluding hydrogens is 196 g/mol. The van der Waals surface area contributed by atoms with Crippen LogP contribution < -0.4 is 4.74 Å². The number of hydrogen-bond acceptors (Lipinski definition) is 4. The number of benzene rings is 1. The molecule has 1 aromatic carbocycles. The maximum absolute atomic E-state index is 11.2. The van der Waals surface area contributed by atoms with Gasteiger partial charge in [-0.05, 0) is 24.3 Å². The van der Waals surface area contributed by atoms with Gasteiger partial charge in [0.15, 0.2) is 5.78 Å². The van der Waals surface area contributed by atoms with Crippen molar-refractivity contribution < 1.29 is 19.1 Å². The smallest absolute Gasteiger partial charge is 0.308 e. The Morgan fingerprint density at radius 2 is 1.53 bits per heavy atom. The molecule has 0 bridgehead atoms. The van der Waals surface area contributed by atoms with Gasteiger partial charge in [0.2, 0.25) is 5.78 Å². The topological polar surface area (TPSA) is 60.4 Å². The van der Waals surface area contributed by atoms with Crippen LogP contribution in [0.1, 0.15) is 24.2 Å². The number of rotatable bonds is 3. The fourth-order valence-electron chi connectivity index (χ4n) is 1.04. The first-order chi connectivity index (χ1) is 7.00. The Balaban J connectivity index is 2.85. The first kappa shape index (κ1) is 11.1. The maximum atomic E-state index is 11.2. The Morgan fingerprint density at radius 3 is 1.93 bits per heavy atom. The summed E-state index contributed by atoms with van der Waals surface area (Å²) in [6.45, 7) is 2.50. The van der Waals surface area contributed by atoms with E-state index in [1.54, 1.807) is 0 Å². The molecule has 0 saturated carbocycles. The van der Waals surface area contributed by atoms with Gasteiger partial charge in [-0.1, -0.05) is 0 Å². The second-order valence-electron chi connectivity index (χ2n) is 3.00. The third kappa shape index (κ3) is 3.02. The zero-order chi connectivity index (χ0) is 11.4. The van der Waals surface area contributed by atoms with E-state index in [-0.39, 0.29) is 0 Å². The SMILES string of the molecule is CC(=O)Oc1ccc(C(=O)C(C)=O)cc1. The van der Waals surface area contributed by atoms with Crippen LogP contribution in [0.3, 0.4) is 0 Å².